The van der Waals surface area contributed by atoms with Crippen molar-refractivity contribution in [2.75, 3.05) is 32.8 Å². The summed E-state index contributed by atoms with van der Waals surface area (Å²) in [4.78, 5) is 2.40. The van der Waals surface area contributed by atoms with E-state index in [1.807, 2.05) is 18.2 Å². The summed E-state index contributed by atoms with van der Waals surface area (Å²) in [6.07, 6.45) is 0.913. The van der Waals surface area contributed by atoms with Gasteiger partial charge in [0.05, 0.1) is 13.2 Å². The highest BCUT2D eigenvalue weighted by Crippen LogP contribution is 2.18. The molecule has 4 heteroatoms. The number of nitrogens with two attached hydrogens (primary N) is 1. The van der Waals surface area contributed by atoms with Crippen LogP contribution in [0.15, 0.2) is 24.3 Å². The maximum atomic E-state index is 6.18. The molecule has 0 bridgehead atoms. The second kappa shape index (κ2) is 6.36. The number of morpholine rings is 1. The number of benzene rings is 1. The zero-order chi connectivity index (χ0) is 12.1. The van der Waals surface area contributed by atoms with Crippen molar-refractivity contribution in [3.63, 3.8) is 0 Å². The van der Waals surface area contributed by atoms with E-state index in [0.29, 0.717) is 12.6 Å². The molecule has 1 atom stereocenters. The summed E-state index contributed by atoms with van der Waals surface area (Å²) in [5, 5.41) is 0.833. The quantitative estimate of drug-likeness (QED) is 0.886. The van der Waals surface area contributed by atoms with Gasteiger partial charge in [0.15, 0.2) is 0 Å². The molecule has 2 rings (SSSR count). The summed E-state index contributed by atoms with van der Waals surface area (Å²) >= 11 is 6.18. The van der Waals surface area contributed by atoms with Crippen molar-refractivity contribution in [1.29, 1.82) is 0 Å². The number of halogens is 1. The van der Waals surface area contributed by atoms with Crippen LogP contribution in [0.3, 0.4) is 0 Å². The number of rotatable bonds is 4. The standard InChI is InChI=1S/C13H19ClN2O/c14-13-4-2-1-3-11(13)9-12(10-15)16-5-7-17-8-6-16/h1-4,12H,5-10,15H2. The molecule has 0 aromatic heterocycles. The molecule has 0 saturated carbocycles. The first kappa shape index (κ1) is 12.8. The summed E-state index contributed by atoms with van der Waals surface area (Å²) < 4.78 is 5.36. The smallest absolute Gasteiger partial charge is 0.0594 e. The van der Waals surface area contributed by atoms with Gasteiger partial charge in [0.25, 0.3) is 0 Å². The van der Waals surface area contributed by atoms with Gasteiger partial charge >= 0.3 is 0 Å². The van der Waals surface area contributed by atoms with Crippen LogP contribution in [0.5, 0.6) is 0 Å². The van der Waals surface area contributed by atoms with Crippen molar-refractivity contribution in [3.8, 4) is 0 Å². The van der Waals surface area contributed by atoms with Gasteiger partial charge in [-0.15, -0.1) is 0 Å². The second-order valence-electron chi connectivity index (χ2n) is 4.33. The molecule has 1 aliphatic heterocycles. The molecule has 1 heterocycles. The van der Waals surface area contributed by atoms with Crippen molar-refractivity contribution in [3.05, 3.63) is 34.9 Å². The zero-order valence-corrected chi connectivity index (χ0v) is 10.7. The molecule has 0 radical (unpaired) electrons. The minimum atomic E-state index is 0.360. The fourth-order valence-electron chi connectivity index (χ4n) is 2.22. The maximum Gasteiger partial charge on any atom is 0.0594 e. The maximum absolute atomic E-state index is 6.18. The van der Waals surface area contributed by atoms with Crippen LogP contribution in [-0.2, 0) is 11.2 Å². The molecule has 0 spiro atoms. The summed E-state index contributed by atoms with van der Waals surface area (Å²) in [6, 6.07) is 8.35. The lowest BCUT2D eigenvalue weighted by atomic mass is 10.0. The monoisotopic (exact) mass is 254 g/mol. The van der Waals surface area contributed by atoms with Crippen molar-refractivity contribution < 1.29 is 4.74 Å². The second-order valence-corrected chi connectivity index (χ2v) is 4.74. The molecule has 1 aromatic rings. The van der Waals surface area contributed by atoms with E-state index in [9.17, 15) is 0 Å². The van der Waals surface area contributed by atoms with E-state index in [0.717, 1.165) is 37.7 Å². The molecular weight excluding hydrogens is 236 g/mol. The highest BCUT2D eigenvalue weighted by atomic mass is 35.5. The van der Waals surface area contributed by atoms with Gasteiger partial charge in [-0.25, -0.2) is 0 Å². The van der Waals surface area contributed by atoms with Gasteiger partial charge in [-0.05, 0) is 18.1 Å². The van der Waals surface area contributed by atoms with Crippen LogP contribution in [0.1, 0.15) is 5.56 Å². The Morgan fingerprint density at radius 1 is 1.29 bits per heavy atom. The number of nitrogens with zero attached hydrogens (tertiary/aromatic N) is 1. The van der Waals surface area contributed by atoms with E-state index in [1.165, 1.54) is 5.56 Å². The summed E-state index contributed by atoms with van der Waals surface area (Å²) in [5.74, 6) is 0. The third-order valence-electron chi connectivity index (χ3n) is 3.25. The lowest BCUT2D eigenvalue weighted by Crippen LogP contribution is -2.48. The van der Waals surface area contributed by atoms with E-state index in [-0.39, 0.29) is 0 Å². The Morgan fingerprint density at radius 3 is 2.65 bits per heavy atom. The first-order chi connectivity index (χ1) is 8.31. The van der Waals surface area contributed by atoms with Gasteiger partial charge in [0.1, 0.15) is 0 Å². The van der Waals surface area contributed by atoms with Crippen molar-refractivity contribution in [2.24, 2.45) is 5.73 Å². The summed E-state index contributed by atoms with van der Waals surface area (Å²) in [5.41, 5.74) is 7.05. The zero-order valence-electron chi connectivity index (χ0n) is 9.94. The lowest BCUT2D eigenvalue weighted by Gasteiger charge is -2.34. The molecule has 1 aromatic carbocycles. The van der Waals surface area contributed by atoms with Crippen LogP contribution in [0, 0.1) is 0 Å². The van der Waals surface area contributed by atoms with Crippen molar-refractivity contribution >= 4 is 11.6 Å². The molecule has 3 nitrogen and oxygen atoms in total. The predicted molar refractivity (Wildman–Crippen MR) is 70.4 cm³/mol. The van der Waals surface area contributed by atoms with Crippen LogP contribution >= 0.6 is 11.6 Å². The van der Waals surface area contributed by atoms with E-state index in [4.69, 9.17) is 22.1 Å². The van der Waals surface area contributed by atoms with Crippen LogP contribution in [-0.4, -0.2) is 43.8 Å². The number of ether oxygens (including phenoxy) is 1. The van der Waals surface area contributed by atoms with E-state index >= 15 is 0 Å². The van der Waals surface area contributed by atoms with Crippen LogP contribution in [0.4, 0.5) is 0 Å². The molecule has 2 N–H and O–H groups in total. The topological polar surface area (TPSA) is 38.5 Å². The van der Waals surface area contributed by atoms with E-state index in [1.54, 1.807) is 0 Å². The van der Waals surface area contributed by atoms with E-state index in [2.05, 4.69) is 11.0 Å². The Balaban J connectivity index is 2.01. The van der Waals surface area contributed by atoms with Gasteiger partial charge in [-0.2, -0.15) is 0 Å². The Hall–Kier alpha value is -0.610. The molecule has 0 aliphatic carbocycles. The normalized spacial score (nSPS) is 19.2. The van der Waals surface area contributed by atoms with E-state index < -0.39 is 0 Å². The van der Waals surface area contributed by atoms with Crippen molar-refractivity contribution in [2.45, 2.75) is 12.5 Å². The largest absolute Gasteiger partial charge is 0.379 e. The highest BCUT2D eigenvalue weighted by Gasteiger charge is 2.20. The van der Waals surface area contributed by atoms with Gasteiger partial charge in [-0.3, -0.25) is 4.90 Å². The van der Waals surface area contributed by atoms with Crippen LogP contribution in [0.25, 0.3) is 0 Å². The van der Waals surface area contributed by atoms with Crippen LogP contribution in [0.2, 0.25) is 5.02 Å². The van der Waals surface area contributed by atoms with Gasteiger partial charge in [-0.1, -0.05) is 29.8 Å². The Bertz CT molecular complexity index is 353. The minimum Gasteiger partial charge on any atom is -0.379 e. The Morgan fingerprint density at radius 2 is 2.00 bits per heavy atom. The van der Waals surface area contributed by atoms with Gasteiger partial charge in [0.2, 0.25) is 0 Å². The molecule has 1 fully saturated rings. The first-order valence-electron chi connectivity index (χ1n) is 6.06. The predicted octanol–water partition coefficient (Wildman–Crippen LogP) is 1.54. The highest BCUT2D eigenvalue weighted by molar-refractivity contribution is 6.31. The number of hydrogen-bond acceptors (Lipinski definition) is 3. The molecule has 1 saturated heterocycles. The molecule has 0 amide bonds. The lowest BCUT2D eigenvalue weighted by molar-refractivity contribution is 0.0184. The minimum absolute atomic E-state index is 0.360. The molecular formula is C13H19ClN2O. The Kier molecular flexibility index (Phi) is 4.80. The third kappa shape index (κ3) is 3.42. The SMILES string of the molecule is NCC(Cc1ccccc1Cl)N1CCOCC1. The molecule has 1 aliphatic rings. The summed E-state index contributed by atoms with van der Waals surface area (Å²) in [6.45, 7) is 4.20. The van der Waals surface area contributed by atoms with Gasteiger partial charge < -0.3 is 10.5 Å². The summed E-state index contributed by atoms with van der Waals surface area (Å²) in [7, 11) is 0. The van der Waals surface area contributed by atoms with Crippen LogP contribution < -0.4 is 5.73 Å². The third-order valence-corrected chi connectivity index (χ3v) is 3.62. The average Bonchev–Trinajstić information content (AvgIpc) is 2.39. The molecule has 17 heavy (non-hydrogen) atoms. The first-order valence-corrected chi connectivity index (χ1v) is 6.44. The molecule has 1 unspecified atom stereocenters. The average molecular weight is 255 g/mol. The fraction of sp³-hybridized carbons (Fsp3) is 0.538. The Labute approximate surface area is 107 Å². The fourth-order valence-corrected chi connectivity index (χ4v) is 2.43. The van der Waals surface area contributed by atoms with Crippen molar-refractivity contribution in [1.82, 2.24) is 4.90 Å². The van der Waals surface area contributed by atoms with Gasteiger partial charge in [0, 0.05) is 30.7 Å². The number of hydrogen-bond donors (Lipinski definition) is 1. The molecule has 94 valence electrons.